The summed E-state index contributed by atoms with van der Waals surface area (Å²) in [5.41, 5.74) is 0.668. The van der Waals surface area contributed by atoms with Gasteiger partial charge in [0.15, 0.2) is 5.76 Å². The number of furan rings is 1. The zero-order chi connectivity index (χ0) is 15.9. The lowest BCUT2D eigenvalue weighted by atomic mass is 9.86. The molecular weight excluding hydrogens is 352 g/mol. The summed E-state index contributed by atoms with van der Waals surface area (Å²) in [5, 5.41) is 10.1. The third-order valence-electron chi connectivity index (χ3n) is 4.80. The number of sulfonamides is 1. The number of aromatic amines is 1. The van der Waals surface area contributed by atoms with E-state index in [4.69, 9.17) is 4.42 Å². The van der Waals surface area contributed by atoms with Crippen LogP contribution in [0, 0.1) is 5.92 Å². The second-order valence-electron chi connectivity index (χ2n) is 6.20. The van der Waals surface area contributed by atoms with Crippen molar-refractivity contribution in [2.45, 2.75) is 30.4 Å². The van der Waals surface area contributed by atoms with Crippen LogP contribution in [0.1, 0.15) is 19.3 Å². The molecule has 0 amide bonds. The lowest BCUT2D eigenvalue weighted by Crippen LogP contribution is -2.53. The van der Waals surface area contributed by atoms with Crippen molar-refractivity contribution in [3.05, 3.63) is 24.4 Å². The van der Waals surface area contributed by atoms with E-state index in [0.29, 0.717) is 36.5 Å². The molecule has 0 unspecified atom stereocenters. The lowest BCUT2D eigenvalue weighted by molar-refractivity contribution is 0.169. The Morgan fingerprint density at radius 3 is 2.92 bits per heavy atom. The summed E-state index contributed by atoms with van der Waals surface area (Å²) in [5.74, 6) is 0.879. The van der Waals surface area contributed by atoms with Gasteiger partial charge in [0.25, 0.3) is 10.0 Å². The second kappa shape index (κ2) is 6.87. The van der Waals surface area contributed by atoms with Crippen LogP contribution in [-0.2, 0) is 10.0 Å². The first-order chi connectivity index (χ1) is 11.1. The maximum atomic E-state index is 12.8. The third-order valence-corrected chi connectivity index (χ3v) is 6.54. The van der Waals surface area contributed by atoms with Gasteiger partial charge < -0.3 is 9.73 Å². The summed E-state index contributed by atoms with van der Waals surface area (Å²) < 4.78 is 32.8. The Morgan fingerprint density at radius 1 is 1.25 bits per heavy atom. The molecule has 132 valence electrons. The fourth-order valence-corrected chi connectivity index (χ4v) is 4.98. The Hall–Kier alpha value is -1.35. The molecule has 0 saturated carbocycles. The molecule has 2 aliphatic rings. The minimum Gasteiger partial charge on any atom is -0.442 e. The summed E-state index contributed by atoms with van der Waals surface area (Å²) in [4.78, 5) is 0. The number of piperidine rings is 2. The largest absolute Gasteiger partial charge is 0.442 e. The zero-order valence-corrected chi connectivity index (χ0v) is 14.8. The molecule has 0 spiro atoms. The smallest absolute Gasteiger partial charge is 0.276 e. The summed E-state index contributed by atoms with van der Waals surface area (Å²) in [7, 11) is -3.58. The Morgan fingerprint density at radius 2 is 2.12 bits per heavy atom. The van der Waals surface area contributed by atoms with Crippen LogP contribution in [0.5, 0.6) is 0 Å². The number of nitrogens with one attached hydrogen (secondary N) is 2. The predicted molar refractivity (Wildman–Crippen MR) is 91.4 cm³/mol. The number of halogens is 1. The maximum absolute atomic E-state index is 12.8. The second-order valence-corrected chi connectivity index (χ2v) is 8.07. The van der Waals surface area contributed by atoms with Crippen LogP contribution in [0.15, 0.2) is 33.9 Å². The average Bonchev–Trinajstić information content (AvgIpc) is 3.25. The first-order valence-electron chi connectivity index (χ1n) is 7.98. The number of H-pyrrole nitrogens is 1. The van der Waals surface area contributed by atoms with Gasteiger partial charge in [0.05, 0.1) is 0 Å². The van der Waals surface area contributed by atoms with E-state index in [9.17, 15) is 8.42 Å². The Labute approximate surface area is 147 Å². The average molecular weight is 373 g/mol. The van der Waals surface area contributed by atoms with Crippen LogP contribution in [0.3, 0.4) is 0 Å². The zero-order valence-electron chi connectivity index (χ0n) is 13.1. The van der Waals surface area contributed by atoms with E-state index in [1.807, 2.05) is 0 Å². The van der Waals surface area contributed by atoms with Gasteiger partial charge in [0.2, 0.25) is 5.09 Å². The van der Waals surface area contributed by atoms with Gasteiger partial charge in [0, 0.05) is 25.3 Å². The molecule has 24 heavy (non-hydrogen) atoms. The highest BCUT2D eigenvalue weighted by Crippen LogP contribution is 2.30. The Kier molecular flexibility index (Phi) is 5.00. The summed E-state index contributed by atoms with van der Waals surface area (Å²) in [6.07, 6.45) is 4.66. The highest BCUT2D eigenvalue weighted by atomic mass is 35.5. The van der Waals surface area contributed by atoms with E-state index < -0.39 is 10.0 Å². The first kappa shape index (κ1) is 17.5. The van der Waals surface area contributed by atoms with Crippen LogP contribution >= 0.6 is 12.4 Å². The standard InChI is InChI=1S/C15H20N4O3S.ClH/c20-23(21,15-4-3-14(22-15)13-5-8-17-18-13)19-9-6-12-11(10-19)2-1-7-16-12;/h3-5,8,11-12,16H,1-2,6-7,9-10H2,(H,17,18);1H/t11-,12+;/m1./s1. The number of rotatable bonds is 3. The maximum Gasteiger partial charge on any atom is 0.276 e. The summed E-state index contributed by atoms with van der Waals surface area (Å²) >= 11 is 0. The topological polar surface area (TPSA) is 91.2 Å². The quantitative estimate of drug-likeness (QED) is 0.858. The van der Waals surface area contributed by atoms with Crippen molar-refractivity contribution in [3.63, 3.8) is 0 Å². The van der Waals surface area contributed by atoms with E-state index in [0.717, 1.165) is 25.8 Å². The molecule has 2 N–H and O–H groups in total. The molecule has 9 heteroatoms. The predicted octanol–water partition coefficient (Wildman–Crippen LogP) is 1.85. The highest BCUT2D eigenvalue weighted by molar-refractivity contribution is 7.89. The number of hydrogen-bond acceptors (Lipinski definition) is 5. The van der Waals surface area contributed by atoms with Crippen molar-refractivity contribution >= 4 is 22.4 Å². The number of aromatic nitrogens is 2. The van der Waals surface area contributed by atoms with Crippen molar-refractivity contribution in [2.75, 3.05) is 19.6 Å². The molecule has 0 aliphatic carbocycles. The number of fused-ring (bicyclic) bond motifs is 1. The van der Waals surface area contributed by atoms with Crippen molar-refractivity contribution < 1.29 is 12.8 Å². The molecule has 0 bridgehead atoms. The van der Waals surface area contributed by atoms with Gasteiger partial charge >= 0.3 is 0 Å². The molecule has 7 nitrogen and oxygen atoms in total. The van der Waals surface area contributed by atoms with Crippen molar-refractivity contribution in [1.29, 1.82) is 0 Å². The molecule has 4 heterocycles. The normalized spacial score (nSPS) is 25.0. The van der Waals surface area contributed by atoms with Gasteiger partial charge in [-0.15, -0.1) is 12.4 Å². The molecule has 2 aromatic heterocycles. The Bertz CT molecular complexity index is 775. The van der Waals surface area contributed by atoms with Gasteiger partial charge in [-0.05, 0) is 49.9 Å². The molecule has 0 aromatic carbocycles. The first-order valence-corrected chi connectivity index (χ1v) is 9.42. The molecule has 2 aliphatic heterocycles. The third kappa shape index (κ3) is 3.11. The molecular formula is C15H21ClN4O3S. The molecule has 0 radical (unpaired) electrons. The van der Waals surface area contributed by atoms with E-state index in [-0.39, 0.29) is 17.5 Å². The van der Waals surface area contributed by atoms with Crippen molar-refractivity contribution in [1.82, 2.24) is 19.8 Å². The molecule has 2 aromatic rings. The van der Waals surface area contributed by atoms with E-state index >= 15 is 0 Å². The van der Waals surface area contributed by atoms with Gasteiger partial charge in [-0.1, -0.05) is 0 Å². The molecule has 2 saturated heterocycles. The van der Waals surface area contributed by atoms with Gasteiger partial charge in [-0.25, -0.2) is 8.42 Å². The van der Waals surface area contributed by atoms with Crippen molar-refractivity contribution in [3.8, 4) is 11.5 Å². The van der Waals surface area contributed by atoms with Crippen molar-refractivity contribution in [2.24, 2.45) is 5.92 Å². The fraction of sp³-hybridized carbons (Fsp3) is 0.533. The van der Waals surface area contributed by atoms with Crippen LogP contribution in [0.25, 0.3) is 11.5 Å². The lowest BCUT2D eigenvalue weighted by Gasteiger charge is -2.40. The molecule has 2 fully saturated rings. The fourth-order valence-electron chi connectivity index (χ4n) is 3.55. The Balaban J connectivity index is 0.00000169. The monoisotopic (exact) mass is 372 g/mol. The minimum atomic E-state index is -3.58. The number of nitrogens with zero attached hydrogens (tertiary/aromatic N) is 2. The molecule has 4 rings (SSSR count). The summed E-state index contributed by atoms with van der Waals surface area (Å²) in [6.45, 7) is 2.15. The summed E-state index contributed by atoms with van der Waals surface area (Å²) in [6, 6.07) is 5.38. The minimum absolute atomic E-state index is 0. The molecule has 2 atom stereocenters. The van der Waals surface area contributed by atoms with Gasteiger partial charge in [0.1, 0.15) is 5.69 Å². The van der Waals surface area contributed by atoms with Crippen LogP contribution in [-0.4, -0.2) is 48.6 Å². The SMILES string of the molecule is Cl.O=S(=O)(c1ccc(-c2ccn[nH]2)o1)N1CC[C@@H]2NCCC[C@@H]2C1. The van der Waals surface area contributed by atoms with Gasteiger partial charge in [-0.2, -0.15) is 9.40 Å². The highest BCUT2D eigenvalue weighted by Gasteiger charge is 2.37. The van der Waals surface area contributed by atoms with E-state index in [1.165, 1.54) is 6.07 Å². The van der Waals surface area contributed by atoms with Gasteiger partial charge in [-0.3, -0.25) is 5.10 Å². The van der Waals surface area contributed by atoms with Crippen LogP contribution < -0.4 is 5.32 Å². The van der Waals surface area contributed by atoms with E-state index in [2.05, 4.69) is 15.5 Å². The van der Waals surface area contributed by atoms with Crippen LogP contribution in [0.2, 0.25) is 0 Å². The number of hydrogen-bond donors (Lipinski definition) is 2. The van der Waals surface area contributed by atoms with E-state index in [1.54, 1.807) is 22.6 Å². The van der Waals surface area contributed by atoms with Crippen LogP contribution in [0.4, 0.5) is 0 Å².